The second-order valence-electron chi connectivity index (χ2n) is 3.57. The molecule has 0 amide bonds. The molecule has 16 heavy (non-hydrogen) atoms. The van der Waals surface area contributed by atoms with Crippen LogP contribution in [0.5, 0.6) is 0 Å². The Hall–Kier alpha value is -1.26. The summed E-state index contributed by atoms with van der Waals surface area (Å²) in [5.41, 5.74) is 0.974. The van der Waals surface area contributed by atoms with E-state index in [0.717, 1.165) is 12.1 Å². The van der Waals surface area contributed by atoms with Gasteiger partial charge in [-0.1, -0.05) is 0 Å². The predicted molar refractivity (Wildman–Crippen MR) is 60.3 cm³/mol. The van der Waals surface area contributed by atoms with Crippen LogP contribution in [0.25, 0.3) is 0 Å². The van der Waals surface area contributed by atoms with Gasteiger partial charge in [0.25, 0.3) is 0 Å². The van der Waals surface area contributed by atoms with Crippen LogP contribution in [0.2, 0.25) is 5.22 Å². The van der Waals surface area contributed by atoms with Crippen molar-refractivity contribution in [2.45, 2.75) is 26.0 Å². The van der Waals surface area contributed by atoms with Gasteiger partial charge in [0.15, 0.2) is 5.22 Å². The summed E-state index contributed by atoms with van der Waals surface area (Å²) >= 11 is 5.64. The largest absolute Gasteiger partial charge is 0.447 e. The Balaban J connectivity index is 2.04. The lowest BCUT2D eigenvalue weighted by Crippen LogP contribution is -1.99. The van der Waals surface area contributed by atoms with E-state index in [0.29, 0.717) is 17.4 Å². The summed E-state index contributed by atoms with van der Waals surface area (Å²) in [4.78, 5) is 0. The molecule has 0 spiro atoms. The highest BCUT2D eigenvalue weighted by atomic mass is 35.5. The third kappa shape index (κ3) is 2.46. The van der Waals surface area contributed by atoms with Crippen LogP contribution in [0, 0.1) is 0 Å². The molecular formula is C11H13ClN2O2. The quantitative estimate of drug-likeness (QED) is 0.893. The first kappa shape index (κ1) is 11.2. The molecule has 2 aromatic heterocycles. The summed E-state index contributed by atoms with van der Waals surface area (Å²) in [5.74, 6) is 0.481. The number of aromatic nitrogens is 2. The Morgan fingerprint density at radius 2 is 2.38 bits per heavy atom. The minimum atomic E-state index is -0.679. The molecule has 0 fully saturated rings. The Labute approximate surface area is 98.4 Å². The van der Waals surface area contributed by atoms with Crippen molar-refractivity contribution >= 4 is 11.6 Å². The van der Waals surface area contributed by atoms with E-state index < -0.39 is 6.10 Å². The van der Waals surface area contributed by atoms with E-state index in [1.54, 1.807) is 18.3 Å². The average molecular weight is 241 g/mol. The van der Waals surface area contributed by atoms with Gasteiger partial charge in [-0.25, -0.2) is 0 Å². The van der Waals surface area contributed by atoms with Crippen LogP contribution in [-0.4, -0.2) is 14.9 Å². The van der Waals surface area contributed by atoms with E-state index in [4.69, 9.17) is 16.0 Å². The lowest BCUT2D eigenvalue weighted by Gasteiger charge is -2.04. The van der Waals surface area contributed by atoms with Gasteiger partial charge in [0.05, 0.1) is 6.20 Å². The minimum Gasteiger partial charge on any atom is -0.447 e. The molecule has 0 bridgehead atoms. The highest BCUT2D eigenvalue weighted by Crippen LogP contribution is 2.22. The number of aliphatic hydroxyl groups is 1. The number of aryl methyl sites for hydroxylation is 1. The van der Waals surface area contributed by atoms with Crippen LogP contribution in [0.15, 0.2) is 28.9 Å². The summed E-state index contributed by atoms with van der Waals surface area (Å²) < 4.78 is 6.96. The lowest BCUT2D eigenvalue weighted by molar-refractivity contribution is 0.150. The van der Waals surface area contributed by atoms with Gasteiger partial charge in [0.2, 0.25) is 0 Å². The summed E-state index contributed by atoms with van der Waals surface area (Å²) in [6.45, 7) is 2.84. The first-order valence-corrected chi connectivity index (χ1v) is 5.51. The third-order valence-corrected chi connectivity index (χ3v) is 2.57. The highest BCUT2D eigenvalue weighted by Gasteiger charge is 2.13. The molecule has 1 N–H and O–H groups in total. The molecule has 0 aliphatic rings. The summed E-state index contributed by atoms with van der Waals surface area (Å²) in [5, 5.41) is 14.3. The van der Waals surface area contributed by atoms with Crippen molar-refractivity contribution in [3.63, 3.8) is 0 Å². The van der Waals surface area contributed by atoms with E-state index >= 15 is 0 Å². The minimum absolute atomic E-state index is 0.290. The maximum absolute atomic E-state index is 9.88. The highest BCUT2D eigenvalue weighted by molar-refractivity contribution is 6.28. The van der Waals surface area contributed by atoms with Crippen molar-refractivity contribution in [3.05, 3.63) is 41.1 Å². The molecule has 1 unspecified atom stereocenters. The number of hydrogen-bond donors (Lipinski definition) is 1. The third-order valence-electron chi connectivity index (χ3n) is 2.36. The molecule has 0 saturated heterocycles. The lowest BCUT2D eigenvalue weighted by atomic mass is 10.1. The van der Waals surface area contributed by atoms with E-state index in [-0.39, 0.29) is 0 Å². The van der Waals surface area contributed by atoms with Crippen LogP contribution in [-0.2, 0) is 13.0 Å². The van der Waals surface area contributed by atoms with Crippen molar-refractivity contribution in [1.29, 1.82) is 0 Å². The molecule has 2 heterocycles. The maximum atomic E-state index is 9.88. The fourth-order valence-electron chi connectivity index (χ4n) is 1.52. The second kappa shape index (κ2) is 4.72. The van der Waals surface area contributed by atoms with Crippen LogP contribution in [0.4, 0.5) is 0 Å². The Morgan fingerprint density at radius 3 is 2.94 bits per heavy atom. The Morgan fingerprint density at radius 1 is 1.56 bits per heavy atom. The standard InChI is InChI=1S/C11H13ClN2O2/c1-2-14-7-8(6-13-14)5-9(15)10-3-4-11(12)16-10/h3-4,6-7,9,15H,2,5H2,1H3. The zero-order valence-electron chi connectivity index (χ0n) is 8.93. The van der Waals surface area contributed by atoms with Gasteiger partial charge in [0, 0.05) is 19.2 Å². The molecule has 5 heteroatoms. The molecule has 86 valence electrons. The zero-order chi connectivity index (χ0) is 11.5. The predicted octanol–water partition coefficient (Wildman–Crippen LogP) is 2.43. The van der Waals surface area contributed by atoms with Crippen molar-refractivity contribution in [1.82, 2.24) is 9.78 Å². The van der Waals surface area contributed by atoms with Crippen molar-refractivity contribution in [3.8, 4) is 0 Å². The SMILES string of the molecule is CCn1cc(CC(O)c2ccc(Cl)o2)cn1. The fraction of sp³-hybridized carbons (Fsp3) is 0.364. The van der Waals surface area contributed by atoms with Crippen LogP contribution < -0.4 is 0 Å². The van der Waals surface area contributed by atoms with Gasteiger partial charge in [-0.05, 0) is 36.2 Å². The van der Waals surface area contributed by atoms with Crippen molar-refractivity contribution in [2.24, 2.45) is 0 Å². The van der Waals surface area contributed by atoms with E-state index in [1.165, 1.54) is 0 Å². The topological polar surface area (TPSA) is 51.2 Å². The zero-order valence-corrected chi connectivity index (χ0v) is 9.68. The molecule has 0 aromatic carbocycles. The van der Waals surface area contributed by atoms with Crippen molar-refractivity contribution in [2.75, 3.05) is 0 Å². The van der Waals surface area contributed by atoms with Crippen molar-refractivity contribution < 1.29 is 9.52 Å². The molecule has 0 aliphatic heterocycles. The molecule has 2 aromatic rings. The molecule has 1 atom stereocenters. The van der Waals surface area contributed by atoms with Gasteiger partial charge in [0.1, 0.15) is 11.9 Å². The Kier molecular flexibility index (Phi) is 3.31. The summed E-state index contributed by atoms with van der Waals surface area (Å²) in [6.07, 6.45) is 3.46. The second-order valence-corrected chi connectivity index (χ2v) is 3.94. The smallest absolute Gasteiger partial charge is 0.193 e. The molecule has 0 radical (unpaired) electrons. The molecule has 0 saturated carbocycles. The van der Waals surface area contributed by atoms with Crippen LogP contribution >= 0.6 is 11.6 Å². The molecular weight excluding hydrogens is 228 g/mol. The molecule has 4 nitrogen and oxygen atoms in total. The average Bonchev–Trinajstić information content (AvgIpc) is 2.87. The van der Waals surface area contributed by atoms with Gasteiger partial charge < -0.3 is 9.52 Å². The first-order valence-electron chi connectivity index (χ1n) is 5.13. The van der Waals surface area contributed by atoms with Crippen LogP contribution in [0.1, 0.15) is 24.4 Å². The number of rotatable bonds is 4. The number of aliphatic hydroxyl groups excluding tert-OH is 1. The van der Waals surface area contributed by atoms with Gasteiger partial charge in [-0.3, -0.25) is 4.68 Å². The fourth-order valence-corrected chi connectivity index (χ4v) is 1.67. The molecule has 2 rings (SSSR count). The number of furan rings is 1. The van der Waals surface area contributed by atoms with E-state index in [1.807, 2.05) is 17.8 Å². The monoisotopic (exact) mass is 240 g/mol. The molecule has 0 aliphatic carbocycles. The number of hydrogen-bond acceptors (Lipinski definition) is 3. The first-order chi connectivity index (χ1) is 7.69. The summed E-state index contributed by atoms with van der Waals surface area (Å²) in [6, 6.07) is 3.30. The van der Waals surface area contributed by atoms with Gasteiger partial charge in [-0.2, -0.15) is 5.10 Å². The normalized spacial score (nSPS) is 12.9. The van der Waals surface area contributed by atoms with E-state index in [9.17, 15) is 5.11 Å². The van der Waals surface area contributed by atoms with Gasteiger partial charge in [-0.15, -0.1) is 0 Å². The summed E-state index contributed by atoms with van der Waals surface area (Å²) in [7, 11) is 0. The maximum Gasteiger partial charge on any atom is 0.193 e. The Bertz CT molecular complexity index is 464. The van der Waals surface area contributed by atoms with E-state index in [2.05, 4.69) is 5.10 Å². The number of halogens is 1. The van der Waals surface area contributed by atoms with Gasteiger partial charge >= 0.3 is 0 Å². The van der Waals surface area contributed by atoms with Crippen LogP contribution in [0.3, 0.4) is 0 Å². The number of nitrogens with zero attached hydrogens (tertiary/aromatic N) is 2.